The number of rotatable bonds is 0. The van der Waals surface area contributed by atoms with Gasteiger partial charge in [-0.3, -0.25) is 0 Å². The van der Waals surface area contributed by atoms with Gasteiger partial charge in [-0.05, 0) is 0 Å². The molecule has 1 rings (SSSR count). The number of hydrogen-bond donors (Lipinski definition) is 1. The number of halogens is 1. The predicted molar refractivity (Wildman–Crippen MR) is 33.9 cm³/mol. The van der Waals surface area contributed by atoms with Crippen LogP contribution >= 0.6 is 11.6 Å². The summed E-state index contributed by atoms with van der Waals surface area (Å²) in [6, 6.07) is 0. The van der Waals surface area contributed by atoms with Crippen molar-refractivity contribution in [3.63, 3.8) is 0 Å². The zero-order valence-corrected chi connectivity index (χ0v) is 5.05. The molecule has 2 unspecified atom stereocenters. The smallest absolute Gasteiger partial charge is 0.0922 e. The first-order valence-corrected chi connectivity index (χ1v) is 2.91. The molecule has 2 atom stereocenters. The van der Waals surface area contributed by atoms with Gasteiger partial charge in [0.2, 0.25) is 0 Å². The van der Waals surface area contributed by atoms with E-state index in [2.05, 4.69) is 0 Å². The topological polar surface area (TPSA) is 20.2 Å². The van der Waals surface area contributed by atoms with E-state index in [0.29, 0.717) is 0 Å². The van der Waals surface area contributed by atoms with Gasteiger partial charge in [0.25, 0.3) is 0 Å². The molecule has 0 amide bonds. The average Bonchev–Trinajstić information content (AvgIpc) is 1.77. The summed E-state index contributed by atoms with van der Waals surface area (Å²) in [5.74, 6) is 0. The van der Waals surface area contributed by atoms with Crippen LogP contribution in [0.3, 0.4) is 0 Å². The summed E-state index contributed by atoms with van der Waals surface area (Å²) in [6.45, 7) is 0. The molecule has 0 aromatic rings. The van der Waals surface area contributed by atoms with Crippen LogP contribution in [-0.4, -0.2) is 16.6 Å². The van der Waals surface area contributed by atoms with Crippen molar-refractivity contribution >= 4 is 11.6 Å². The quantitative estimate of drug-likeness (QED) is 0.487. The van der Waals surface area contributed by atoms with Crippen LogP contribution in [0.2, 0.25) is 0 Å². The summed E-state index contributed by atoms with van der Waals surface area (Å²) in [5.41, 5.74) is 0. The average molecular weight is 131 g/mol. The lowest BCUT2D eigenvalue weighted by Crippen LogP contribution is -2.16. The molecule has 1 nitrogen and oxygen atoms in total. The molecule has 0 radical (unpaired) electrons. The molecule has 0 saturated heterocycles. The van der Waals surface area contributed by atoms with Gasteiger partial charge >= 0.3 is 0 Å². The van der Waals surface area contributed by atoms with Gasteiger partial charge in [-0.15, -0.1) is 11.6 Å². The lowest BCUT2D eigenvalue weighted by molar-refractivity contribution is 0.229. The number of allylic oxidation sites excluding steroid dienone is 2. The third-order valence-electron chi connectivity index (χ3n) is 1.04. The highest BCUT2D eigenvalue weighted by Crippen LogP contribution is 2.09. The Hall–Kier alpha value is -0.270. The Morgan fingerprint density at radius 1 is 1.25 bits per heavy atom. The van der Waals surface area contributed by atoms with E-state index < -0.39 is 6.10 Å². The van der Waals surface area contributed by atoms with Gasteiger partial charge in [0.1, 0.15) is 0 Å². The van der Waals surface area contributed by atoms with E-state index in [-0.39, 0.29) is 5.38 Å². The van der Waals surface area contributed by atoms with E-state index in [1.54, 1.807) is 18.2 Å². The fraction of sp³-hybridized carbons (Fsp3) is 0.333. The molecule has 1 N–H and O–H groups in total. The van der Waals surface area contributed by atoms with Gasteiger partial charge in [0, 0.05) is 0 Å². The maximum Gasteiger partial charge on any atom is 0.0922 e. The Morgan fingerprint density at radius 3 is 2.25 bits per heavy atom. The predicted octanol–water partition coefficient (Wildman–Crippen LogP) is 1.08. The Labute approximate surface area is 53.3 Å². The van der Waals surface area contributed by atoms with Crippen LogP contribution in [0.1, 0.15) is 0 Å². The number of aliphatic hydroxyl groups excluding tert-OH is 1. The second-order valence-corrected chi connectivity index (χ2v) is 2.21. The molecular weight excluding hydrogens is 124 g/mol. The highest BCUT2D eigenvalue weighted by molar-refractivity contribution is 6.22. The van der Waals surface area contributed by atoms with Crippen molar-refractivity contribution in [2.75, 3.05) is 0 Å². The number of hydrogen-bond acceptors (Lipinski definition) is 1. The molecular formula is C6H7ClO. The number of alkyl halides is 1. The monoisotopic (exact) mass is 130 g/mol. The minimum absolute atomic E-state index is 0.236. The van der Waals surface area contributed by atoms with Crippen molar-refractivity contribution in [1.82, 2.24) is 0 Å². The van der Waals surface area contributed by atoms with Crippen LogP contribution in [0.25, 0.3) is 0 Å². The van der Waals surface area contributed by atoms with Gasteiger partial charge in [-0.2, -0.15) is 0 Å². The van der Waals surface area contributed by atoms with E-state index in [9.17, 15) is 0 Å². The summed E-state index contributed by atoms with van der Waals surface area (Å²) in [4.78, 5) is 0. The van der Waals surface area contributed by atoms with Crippen LogP contribution in [-0.2, 0) is 0 Å². The fourth-order valence-corrected chi connectivity index (χ4v) is 0.736. The molecule has 44 valence electrons. The summed E-state index contributed by atoms with van der Waals surface area (Å²) < 4.78 is 0. The molecule has 1 aliphatic carbocycles. The second kappa shape index (κ2) is 2.33. The van der Waals surface area contributed by atoms with Crippen LogP contribution in [0, 0.1) is 0 Å². The van der Waals surface area contributed by atoms with Crippen molar-refractivity contribution in [1.29, 1.82) is 0 Å². The fourth-order valence-electron chi connectivity index (χ4n) is 0.568. The van der Waals surface area contributed by atoms with Crippen molar-refractivity contribution in [3.05, 3.63) is 24.3 Å². The Bertz CT molecular complexity index is 112. The first-order valence-electron chi connectivity index (χ1n) is 2.48. The molecule has 0 spiro atoms. The SMILES string of the molecule is OC1C=CC=CC1Cl. The molecule has 1 aliphatic rings. The molecule has 0 aromatic carbocycles. The van der Waals surface area contributed by atoms with E-state index in [0.717, 1.165) is 0 Å². The Kier molecular flexibility index (Phi) is 1.71. The third kappa shape index (κ3) is 1.11. The maximum absolute atomic E-state index is 8.91. The minimum Gasteiger partial charge on any atom is -0.387 e. The summed E-state index contributed by atoms with van der Waals surface area (Å²) in [5, 5.41) is 8.67. The summed E-state index contributed by atoms with van der Waals surface area (Å²) >= 11 is 5.58. The van der Waals surface area contributed by atoms with E-state index in [4.69, 9.17) is 16.7 Å². The minimum atomic E-state index is -0.498. The molecule has 0 bridgehead atoms. The Morgan fingerprint density at radius 2 is 1.88 bits per heavy atom. The zero-order chi connectivity index (χ0) is 5.98. The zero-order valence-electron chi connectivity index (χ0n) is 4.29. The van der Waals surface area contributed by atoms with Gasteiger partial charge in [0.15, 0.2) is 0 Å². The third-order valence-corrected chi connectivity index (χ3v) is 1.44. The Balaban J connectivity index is 2.59. The van der Waals surface area contributed by atoms with Crippen LogP contribution < -0.4 is 0 Å². The second-order valence-electron chi connectivity index (χ2n) is 1.70. The molecule has 0 saturated carbocycles. The molecule has 0 heterocycles. The maximum atomic E-state index is 8.91. The van der Waals surface area contributed by atoms with Crippen molar-refractivity contribution in [3.8, 4) is 0 Å². The standard InChI is InChI=1S/C6H7ClO/c7-5-3-1-2-4-6(5)8/h1-6,8H. The molecule has 2 heteroatoms. The van der Waals surface area contributed by atoms with Crippen LogP contribution in [0.5, 0.6) is 0 Å². The van der Waals surface area contributed by atoms with Gasteiger partial charge in [-0.25, -0.2) is 0 Å². The highest BCUT2D eigenvalue weighted by atomic mass is 35.5. The summed E-state index contributed by atoms with van der Waals surface area (Å²) in [7, 11) is 0. The first kappa shape index (κ1) is 5.86. The van der Waals surface area contributed by atoms with E-state index in [1.807, 2.05) is 6.08 Å². The largest absolute Gasteiger partial charge is 0.387 e. The van der Waals surface area contributed by atoms with Gasteiger partial charge in [0.05, 0.1) is 11.5 Å². The van der Waals surface area contributed by atoms with E-state index in [1.165, 1.54) is 0 Å². The molecule has 8 heavy (non-hydrogen) atoms. The van der Waals surface area contributed by atoms with Crippen LogP contribution in [0.4, 0.5) is 0 Å². The van der Waals surface area contributed by atoms with Crippen molar-refractivity contribution in [2.24, 2.45) is 0 Å². The van der Waals surface area contributed by atoms with Gasteiger partial charge < -0.3 is 5.11 Å². The van der Waals surface area contributed by atoms with Crippen molar-refractivity contribution in [2.45, 2.75) is 11.5 Å². The van der Waals surface area contributed by atoms with Gasteiger partial charge in [-0.1, -0.05) is 24.3 Å². The summed E-state index contributed by atoms with van der Waals surface area (Å²) in [6.07, 6.45) is 6.53. The number of aliphatic hydroxyl groups is 1. The normalized spacial score (nSPS) is 35.8. The first-order chi connectivity index (χ1) is 3.80. The lowest BCUT2D eigenvalue weighted by Gasteiger charge is -2.10. The molecule has 0 aliphatic heterocycles. The van der Waals surface area contributed by atoms with Crippen LogP contribution in [0.15, 0.2) is 24.3 Å². The highest BCUT2D eigenvalue weighted by Gasteiger charge is 2.10. The van der Waals surface area contributed by atoms with E-state index >= 15 is 0 Å². The molecule has 0 fully saturated rings. The van der Waals surface area contributed by atoms with Crippen molar-refractivity contribution < 1.29 is 5.11 Å². The lowest BCUT2D eigenvalue weighted by atomic mass is 10.1. The molecule has 0 aromatic heterocycles.